The third-order valence-electron chi connectivity index (χ3n) is 4.85. The number of ether oxygens (including phenoxy) is 1. The first-order chi connectivity index (χ1) is 12.7. The van der Waals surface area contributed by atoms with Gasteiger partial charge in [0.1, 0.15) is 5.75 Å². The number of aryl methyl sites for hydroxylation is 1. The fourth-order valence-corrected chi connectivity index (χ4v) is 3.21. The topological polar surface area (TPSA) is 13.1 Å². The molecule has 2 heteroatoms. The normalized spacial score (nSPS) is 10.8. The van der Waals surface area contributed by atoms with Crippen LogP contribution in [0.15, 0.2) is 84.9 Å². The monoisotopic (exact) mass is 340 g/mol. The van der Waals surface area contributed by atoms with Crippen molar-refractivity contribution in [2.45, 2.75) is 20.4 Å². The predicted molar refractivity (Wildman–Crippen MR) is 106 cm³/mol. The Hall–Kier alpha value is -3.13. The molecule has 0 amide bonds. The van der Waals surface area contributed by atoms with Gasteiger partial charge in [0.05, 0.1) is 6.07 Å². The zero-order valence-electron chi connectivity index (χ0n) is 15.1. The molecule has 4 rings (SSSR count). The summed E-state index contributed by atoms with van der Waals surface area (Å²) in [5, 5.41) is 1.21. The number of pyridine rings is 1. The highest BCUT2D eigenvalue weighted by atomic mass is 16.5. The van der Waals surface area contributed by atoms with Gasteiger partial charge in [-0.1, -0.05) is 54.6 Å². The second-order valence-corrected chi connectivity index (χ2v) is 6.60. The third-order valence-corrected chi connectivity index (χ3v) is 4.85. The Labute approximate surface area is 154 Å². The van der Waals surface area contributed by atoms with Crippen LogP contribution >= 0.6 is 0 Å². The molecule has 0 atom stereocenters. The average molecular weight is 340 g/mol. The van der Waals surface area contributed by atoms with E-state index in [1.54, 1.807) is 0 Å². The second-order valence-electron chi connectivity index (χ2n) is 6.60. The van der Waals surface area contributed by atoms with E-state index in [4.69, 9.17) is 4.74 Å². The molecule has 0 aliphatic carbocycles. The SMILES string of the molecule is Cc1cccc(Oc2ccc3ccccc3[n+]2Cc2ccccc2)c1C. The van der Waals surface area contributed by atoms with E-state index >= 15 is 0 Å². The molecule has 0 spiro atoms. The molecular formula is C24H22NO+. The average Bonchev–Trinajstić information content (AvgIpc) is 2.68. The van der Waals surface area contributed by atoms with Crippen LogP contribution in [0.25, 0.3) is 10.9 Å². The number of fused-ring (bicyclic) bond motifs is 1. The second kappa shape index (κ2) is 7.01. The summed E-state index contributed by atoms with van der Waals surface area (Å²) >= 11 is 0. The molecule has 0 radical (unpaired) electrons. The molecule has 0 unspecified atom stereocenters. The van der Waals surface area contributed by atoms with E-state index < -0.39 is 0 Å². The highest BCUT2D eigenvalue weighted by molar-refractivity contribution is 5.75. The van der Waals surface area contributed by atoms with Gasteiger partial charge in [-0.05, 0) is 43.2 Å². The number of para-hydroxylation sites is 1. The maximum atomic E-state index is 6.36. The van der Waals surface area contributed by atoms with Crippen molar-refractivity contribution >= 4 is 10.9 Å². The molecule has 128 valence electrons. The molecule has 1 aromatic heterocycles. The maximum absolute atomic E-state index is 6.36. The predicted octanol–water partition coefficient (Wildman–Crippen LogP) is 5.58. The zero-order chi connectivity index (χ0) is 17.9. The quantitative estimate of drug-likeness (QED) is 0.442. The lowest BCUT2D eigenvalue weighted by Crippen LogP contribution is -2.36. The van der Waals surface area contributed by atoms with Crippen LogP contribution in [0.5, 0.6) is 11.6 Å². The van der Waals surface area contributed by atoms with E-state index in [1.165, 1.54) is 27.6 Å². The van der Waals surface area contributed by atoms with E-state index in [0.29, 0.717) is 0 Å². The summed E-state index contributed by atoms with van der Waals surface area (Å²) in [5.41, 5.74) is 4.82. The first kappa shape index (κ1) is 16.3. The number of rotatable bonds is 4. The minimum absolute atomic E-state index is 0.766. The largest absolute Gasteiger partial charge is 0.405 e. The van der Waals surface area contributed by atoms with Crippen LogP contribution in [0.3, 0.4) is 0 Å². The molecule has 3 aromatic carbocycles. The van der Waals surface area contributed by atoms with Crippen molar-refractivity contribution in [3.05, 3.63) is 102 Å². The van der Waals surface area contributed by atoms with Crippen LogP contribution in [0, 0.1) is 13.8 Å². The summed E-state index contributed by atoms with van der Waals surface area (Å²) in [7, 11) is 0. The summed E-state index contributed by atoms with van der Waals surface area (Å²) in [4.78, 5) is 0. The smallest absolute Gasteiger partial charge is 0.374 e. The van der Waals surface area contributed by atoms with Gasteiger partial charge in [-0.25, -0.2) is 0 Å². The molecule has 4 aromatic rings. The molecule has 1 heterocycles. The van der Waals surface area contributed by atoms with Crippen molar-refractivity contribution in [1.29, 1.82) is 0 Å². The fourth-order valence-electron chi connectivity index (χ4n) is 3.21. The van der Waals surface area contributed by atoms with Gasteiger partial charge in [0.2, 0.25) is 5.52 Å². The van der Waals surface area contributed by atoms with Crippen LogP contribution in [-0.2, 0) is 6.54 Å². The molecule has 0 fully saturated rings. The van der Waals surface area contributed by atoms with Crippen LogP contribution in [0.2, 0.25) is 0 Å². The number of benzene rings is 3. The molecule has 0 bridgehead atoms. The highest BCUT2D eigenvalue weighted by Crippen LogP contribution is 2.26. The Morgan fingerprint density at radius 1 is 0.731 bits per heavy atom. The number of nitrogens with zero attached hydrogens (tertiary/aromatic N) is 1. The van der Waals surface area contributed by atoms with Gasteiger partial charge < -0.3 is 4.74 Å². The molecule has 0 saturated carbocycles. The first-order valence-corrected chi connectivity index (χ1v) is 8.92. The van der Waals surface area contributed by atoms with Gasteiger partial charge in [-0.2, -0.15) is 4.57 Å². The molecule has 0 aliphatic heterocycles. The summed E-state index contributed by atoms with van der Waals surface area (Å²) in [6.07, 6.45) is 0. The Kier molecular flexibility index (Phi) is 4.40. The summed E-state index contributed by atoms with van der Waals surface area (Å²) < 4.78 is 8.61. The Balaban J connectivity index is 1.83. The molecule has 0 aliphatic rings. The first-order valence-electron chi connectivity index (χ1n) is 8.92. The molecule has 0 N–H and O–H groups in total. The van der Waals surface area contributed by atoms with Crippen molar-refractivity contribution in [2.75, 3.05) is 0 Å². The molecular weight excluding hydrogens is 318 g/mol. The van der Waals surface area contributed by atoms with Crippen molar-refractivity contribution < 1.29 is 9.30 Å². The standard InChI is InChI=1S/C24H22NO/c1-18-9-8-14-23(19(18)2)26-24-16-15-21-12-6-7-13-22(21)25(24)17-20-10-4-3-5-11-20/h3-16H,17H2,1-2H3/q+1. The maximum Gasteiger partial charge on any atom is 0.374 e. The Bertz CT molecular complexity index is 1050. The third kappa shape index (κ3) is 3.18. The fraction of sp³-hybridized carbons (Fsp3) is 0.125. The Morgan fingerprint density at radius 3 is 2.35 bits per heavy atom. The number of hydrogen-bond acceptors (Lipinski definition) is 1. The Morgan fingerprint density at radius 2 is 1.50 bits per heavy atom. The van der Waals surface area contributed by atoms with Crippen molar-refractivity contribution in [3.63, 3.8) is 0 Å². The van der Waals surface area contributed by atoms with E-state index in [9.17, 15) is 0 Å². The van der Waals surface area contributed by atoms with Crippen molar-refractivity contribution in [2.24, 2.45) is 0 Å². The van der Waals surface area contributed by atoms with E-state index in [0.717, 1.165) is 18.2 Å². The number of aromatic nitrogens is 1. The van der Waals surface area contributed by atoms with Crippen molar-refractivity contribution in [3.8, 4) is 11.6 Å². The highest BCUT2D eigenvalue weighted by Gasteiger charge is 2.19. The van der Waals surface area contributed by atoms with E-state index in [-0.39, 0.29) is 0 Å². The van der Waals surface area contributed by atoms with Crippen LogP contribution in [0.4, 0.5) is 0 Å². The lowest BCUT2D eigenvalue weighted by molar-refractivity contribution is -0.666. The van der Waals surface area contributed by atoms with E-state index in [2.05, 4.69) is 85.1 Å². The van der Waals surface area contributed by atoms with Gasteiger partial charge in [0.25, 0.3) is 0 Å². The molecule has 0 saturated heterocycles. The van der Waals surface area contributed by atoms with Crippen molar-refractivity contribution in [1.82, 2.24) is 0 Å². The van der Waals surface area contributed by atoms with Gasteiger partial charge in [0, 0.05) is 17.0 Å². The van der Waals surface area contributed by atoms with Gasteiger partial charge in [-0.3, -0.25) is 0 Å². The van der Waals surface area contributed by atoms with Gasteiger partial charge in [-0.15, -0.1) is 0 Å². The van der Waals surface area contributed by atoms with Crippen LogP contribution in [-0.4, -0.2) is 0 Å². The van der Waals surface area contributed by atoms with Crippen LogP contribution < -0.4 is 9.30 Å². The summed E-state index contributed by atoms with van der Waals surface area (Å²) in [6, 6.07) is 29.3. The summed E-state index contributed by atoms with van der Waals surface area (Å²) in [5.74, 6) is 1.75. The minimum atomic E-state index is 0.766. The van der Waals surface area contributed by atoms with Crippen LogP contribution in [0.1, 0.15) is 16.7 Å². The molecule has 2 nitrogen and oxygen atoms in total. The molecule has 26 heavy (non-hydrogen) atoms. The zero-order valence-corrected chi connectivity index (χ0v) is 15.1. The minimum Gasteiger partial charge on any atom is -0.405 e. The summed E-state index contributed by atoms with van der Waals surface area (Å²) in [6.45, 7) is 4.98. The van der Waals surface area contributed by atoms with Gasteiger partial charge >= 0.3 is 5.88 Å². The lowest BCUT2D eigenvalue weighted by atomic mass is 10.1. The van der Waals surface area contributed by atoms with Gasteiger partial charge in [0.15, 0.2) is 6.54 Å². The van der Waals surface area contributed by atoms with E-state index in [1.807, 2.05) is 18.2 Å². The number of hydrogen-bond donors (Lipinski definition) is 0. The lowest BCUT2D eigenvalue weighted by Gasteiger charge is -2.11.